The molecule has 1 aromatic heterocycles. The minimum absolute atomic E-state index is 0.319. The van der Waals surface area contributed by atoms with Crippen molar-refractivity contribution in [2.45, 2.75) is 0 Å². The van der Waals surface area contributed by atoms with Crippen LogP contribution in [0.2, 0.25) is 0 Å². The van der Waals surface area contributed by atoms with Crippen molar-refractivity contribution in [2.75, 3.05) is 19.6 Å². The van der Waals surface area contributed by atoms with Gasteiger partial charge >= 0.3 is 5.97 Å². The Morgan fingerprint density at radius 1 is 1.40 bits per heavy atom. The van der Waals surface area contributed by atoms with E-state index in [0.717, 1.165) is 10.9 Å². The maximum Gasteiger partial charge on any atom is 0.340 e. The first kappa shape index (κ1) is 9.58. The van der Waals surface area contributed by atoms with Gasteiger partial charge in [0.1, 0.15) is 0 Å². The van der Waals surface area contributed by atoms with Crippen molar-refractivity contribution in [3.05, 3.63) is 36.0 Å². The Balaban J connectivity index is 2.70. The van der Waals surface area contributed by atoms with Crippen LogP contribution in [0.1, 0.15) is 10.4 Å². The van der Waals surface area contributed by atoms with Gasteiger partial charge in [-0.1, -0.05) is 18.2 Å². The SMILES string of the molecule is CNn1cc(C(=O)OC)c2ccccc21. The number of benzene rings is 1. The Morgan fingerprint density at radius 3 is 2.80 bits per heavy atom. The fraction of sp³-hybridized carbons (Fsp3) is 0.182. The monoisotopic (exact) mass is 204 g/mol. The van der Waals surface area contributed by atoms with Gasteiger partial charge in [-0.05, 0) is 6.07 Å². The van der Waals surface area contributed by atoms with Gasteiger partial charge in [-0.25, -0.2) is 4.79 Å². The van der Waals surface area contributed by atoms with E-state index in [-0.39, 0.29) is 5.97 Å². The first-order valence-electron chi connectivity index (χ1n) is 4.64. The second-order valence-electron chi connectivity index (χ2n) is 3.15. The second kappa shape index (κ2) is 3.65. The molecule has 1 N–H and O–H groups in total. The highest BCUT2D eigenvalue weighted by Gasteiger charge is 2.14. The Hall–Kier alpha value is -1.97. The fourth-order valence-corrected chi connectivity index (χ4v) is 1.64. The molecule has 2 rings (SSSR count). The molecule has 0 atom stereocenters. The summed E-state index contributed by atoms with van der Waals surface area (Å²) in [5, 5.41) is 0.888. The zero-order valence-electron chi connectivity index (χ0n) is 8.65. The van der Waals surface area contributed by atoms with Gasteiger partial charge in [0.25, 0.3) is 0 Å². The van der Waals surface area contributed by atoms with Gasteiger partial charge in [-0.2, -0.15) is 0 Å². The predicted octanol–water partition coefficient (Wildman–Crippen LogP) is 1.60. The first-order valence-corrected chi connectivity index (χ1v) is 4.64. The number of para-hydroxylation sites is 1. The molecule has 78 valence electrons. The number of hydrogen-bond donors (Lipinski definition) is 1. The van der Waals surface area contributed by atoms with Crippen molar-refractivity contribution < 1.29 is 9.53 Å². The molecule has 0 spiro atoms. The number of methoxy groups -OCH3 is 1. The lowest BCUT2D eigenvalue weighted by Crippen LogP contribution is -2.06. The summed E-state index contributed by atoms with van der Waals surface area (Å²) < 4.78 is 6.52. The maximum absolute atomic E-state index is 11.5. The molecule has 2 aromatic rings. The van der Waals surface area contributed by atoms with Gasteiger partial charge in [0, 0.05) is 18.6 Å². The largest absolute Gasteiger partial charge is 0.465 e. The molecule has 4 heteroatoms. The lowest BCUT2D eigenvalue weighted by atomic mass is 10.2. The number of carbonyl (C=O) groups is 1. The highest BCUT2D eigenvalue weighted by molar-refractivity contribution is 6.04. The number of ether oxygens (including phenoxy) is 1. The Morgan fingerprint density at radius 2 is 2.13 bits per heavy atom. The van der Waals surface area contributed by atoms with Crippen LogP contribution in [0.15, 0.2) is 30.5 Å². The molecular formula is C11H12N2O2. The van der Waals surface area contributed by atoms with Gasteiger partial charge in [0.2, 0.25) is 0 Å². The number of carbonyl (C=O) groups excluding carboxylic acids is 1. The van der Waals surface area contributed by atoms with Crippen molar-refractivity contribution in [1.82, 2.24) is 4.68 Å². The van der Waals surface area contributed by atoms with Gasteiger partial charge in [-0.15, -0.1) is 0 Å². The number of hydrogen-bond acceptors (Lipinski definition) is 3. The number of aromatic nitrogens is 1. The van der Waals surface area contributed by atoms with E-state index in [9.17, 15) is 4.79 Å². The Kier molecular flexibility index (Phi) is 2.33. The number of esters is 1. The smallest absolute Gasteiger partial charge is 0.340 e. The molecule has 1 heterocycles. The van der Waals surface area contributed by atoms with Crippen molar-refractivity contribution in [2.24, 2.45) is 0 Å². The van der Waals surface area contributed by atoms with Crippen LogP contribution < -0.4 is 5.43 Å². The van der Waals surface area contributed by atoms with Crippen molar-refractivity contribution in [3.8, 4) is 0 Å². The van der Waals surface area contributed by atoms with Crippen molar-refractivity contribution in [3.63, 3.8) is 0 Å². The third-order valence-corrected chi connectivity index (χ3v) is 2.36. The van der Waals surface area contributed by atoms with E-state index in [1.54, 1.807) is 17.9 Å². The van der Waals surface area contributed by atoms with Crippen LogP contribution in [0, 0.1) is 0 Å². The quantitative estimate of drug-likeness (QED) is 0.755. The second-order valence-corrected chi connectivity index (χ2v) is 3.15. The van der Waals surface area contributed by atoms with Crippen LogP contribution in [0.25, 0.3) is 10.9 Å². The normalized spacial score (nSPS) is 10.3. The van der Waals surface area contributed by atoms with E-state index in [1.807, 2.05) is 24.3 Å². The average Bonchev–Trinajstić information content (AvgIpc) is 2.67. The summed E-state index contributed by atoms with van der Waals surface area (Å²) >= 11 is 0. The molecule has 1 aromatic carbocycles. The molecule has 0 saturated carbocycles. The van der Waals surface area contributed by atoms with Crippen LogP contribution in [-0.2, 0) is 4.74 Å². The van der Waals surface area contributed by atoms with Crippen LogP contribution in [0.4, 0.5) is 0 Å². The lowest BCUT2D eigenvalue weighted by Gasteiger charge is -2.01. The molecular weight excluding hydrogens is 192 g/mol. The van der Waals surface area contributed by atoms with Crippen LogP contribution >= 0.6 is 0 Å². The zero-order valence-corrected chi connectivity index (χ0v) is 8.65. The Bertz CT molecular complexity index is 502. The topological polar surface area (TPSA) is 43.3 Å². The zero-order chi connectivity index (χ0) is 10.8. The van der Waals surface area contributed by atoms with Crippen molar-refractivity contribution in [1.29, 1.82) is 0 Å². The highest BCUT2D eigenvalue weighted by atomic mass is 16.5. The molecule has 0 amide bonds. The number of nitrogens with zero attached hydrogens (tertiary/aromatic N) is 1. The minimum Gasteiger partial charge on any atom is -0.465 e. The molecule has 0 aliphatic carbocycles. The van der Waals surface area contributed by atoms with Gasteiger partial charge in [-0.3, -0.25) is 4.68 Å². The third-order valence-electron chi connectivity index (χ3n) is 2.36. The van der Waals surface area contributed by atoms with E-state index in [4.69, 9.17) is 4.74 Å². The molecule has 0 unspecified atom stereocenters. The maximum atomic E-state index is 11.5. The van der Waals surface area contributed by atoms with Crippen LogP contribution in [-0.4, -0.2) is 24.8 Å². The first-order chi connectivity index (χ1) is 7.27. The van der Waals surface area contributed by atoms with Gasteiger partial charge in [0.05, 0.1) is 18.2 Å². The molecule has 0 bridgehead atoms. The summed E-state index contributed by atoms with van der Waals surface area (Å²) in [5.74, 6) is -0.319. The van der Waals surface area contributed by atoms with E-state index >= 15 is 0 Å². The summed E-state index contributed by atoms with van der Waals surface area (Å²) in [6, 6.07) is 7.67. The molecule has 0 saturated heterocycles. The fourth-order valence-electron chi connectivity index (χ4n) is 1.64. The number of fused-ring (bicyclic) bond motifs is 1. The van der Waals surface area contributed by atoms with Gasteiger partial charge < -0.3 is 10.2 Å². The van der Waals surface area contributed by atoms with Crippen LogP contribution in [0.3, 0.4) is 0 Å². The number of nitrogens with one attached hydrogen (secondary N) is 1. The molecule has 4 nitrogen and oxygen atoms in total. The molecule has 0 radical (unpaired) electrons. The lowest BCUT2D eigenvalue weighted by molar-refractivity contribution is 0.0603. The van der Waals surface area contributed by atoms with Gasteiger partial charge in [0.15, 0.2) is 0 Å². The van der Waals surface area contributed by atoms with E-state index in [0.29, 0.717) is 5.56 Å². The third kappa shape index (κ3) is 1.44. The van der Waals surface area contributed by atoms with E-state index in [2.05, 4.69) is 5.43 Å². The Labute approximate surface area is 87.4 Å². The number of rotatable bonds is 2. The molecule has 0 fully saturated rings. The summed E-state index contributed by atoms with van der Waals surface area (Å²) in [6.07, 6.45) is 1.73. The molecule has 0 aliphatic rings. The van der Waals surface area contributed by atoms with E-state index < -0.39 is 0 Å². The van der Waals surface area contributed by atoms with Crippen molar-refractivity contribution >= 4 is 16.9 Å². The summed E-state index contributed by atoms with van der Waals surface area (Å²) in [6.45, 7) is 0. The minimum atomic E-state index is -0.319. The summed E-state index contributed by atoms with van der Waals surface area (Å²) in [5.41, 5.74) is 4.51. The standard InChI is InChI=1S/C11H12N2O2/c1-12-13-7-9(11(14)15-2)8-5-3-4-6-10(8)13/h3-7,12H,1-2H3. The molecule has 0 aliphatic heterocycles. The van der Waals surface area contributed by atoms with Crippen LogP contribution in [0.5, 0.6) is 0 Å². The predicted molar refractivity (Wildman–Crippen MR) is 58.6 cm³/mol. The van der Waals surface area contributed by atoms with E-state index in [1.165, 1.54) is 7.11 Å². The average molecular weight is 204 g/mol. The summed E-state index contributed by atoms with van der Waals surface area (Å²) in [4.78, 5) is 11.5. The summed E-state index contributed by atoms with van der Waals surface area (Å²) in [7, 11) is 3.18. The molecule has 15 heavy (non-hydrogen) atoms. The highest BCUT2D eigenvalue weighted by Crippen LogP contribution is 2.20.